The van der Waals surface area contributed by atoms with Crippen molar-refractivity contribution in [3.8, 4) is 11.8 Å². The van der Waals surface area contributed by atoms with E-state index in [0.717, 1.165) is 42.8 Å². The van der Waals surface area contributed by atoms with Crippen molar-refractivity contribution in [2.75, 3.05) is 13.2 Å². The summed E-state index contributed by atoms with van der Waals surface area (Å²) in [5.74, 6) is 6.13. The number of ether oxygens (including phenoxy) is 1. The van der Waals surface area contributed by atoms with Gasteiger partial charge >= 0.3 is 0 Å². The normalized spacial score (nSPS) is 18.5. The molecule has 0 saturated carbocycles. The van der Waals surface area contributed by atoms with Gasteiger partial charge in [-0.15, -0.1) is 0 Å². The first kappa shape index (κ1) is 16.4. The number of hydrogen-bond donors (Lipinski definition) is 2. The Balaban J connectivity index is 1.95. The van der Waals surface area contributed by atoms with Gasteiger partial charge < -0.3 is 15.8 Å². The van der Waals surface area contributed by atoms with Crippen LogP contribution in [0.2, 0.25) is 0 Å². The summed E-state index contributed by atoms with van der Waals surface area (Å²) in [5.41, 5.74) is 9.53. The van der Waals surface area contributed by atoms with Gasteiger partial charge in [0.2, 0.25) is 0 Å². The van der Waals surface area contributed by atoms with Crippen LogP contribution in [0.3, 0.4) is 0 Å². The lowest BCUT2D eigenvalue weighted by molar-refractivity contribution is 0.0188. The summed E-state index contributed by atoms with van der Waals surface area (Å²) in [6, 6.07) is 2.02. The molecule has 0 radical (unpaired) electrons. The highest BCUT2D eigenvalue weighted by atomic mass is 16.5. The summed E-state index contributed by atoms with van der Waals surface area (Å²) >= 11 is 0. The topological polar surface area (TPSA) is 60.2 Å². The van der Waals surface area contributed by atoms with E-state index >= 15 is 0 Å². The molecule has 1 aromatic heterocycles. The third-order valence-corrected chi connectivity index (χ3v) is 3.64. The fourth-order valence-corrected chi connectivity index (χ4v) is 2.47. The molecule has 1 aliphatic rings. The maximum Gasteiger partial charge on any atom is 0.0903 e. The molecule has 2 rings (SSSR count). The van der Waals surface area contributed by atoms with E-state index in [4.69, 9.17) is 10.5 Å². The fraction of sp³-hybridized carbons (Fsp3) is 0.500. The Labute approximate surface area is 133 Å². The summed E-state index contributed by atoms with van der Waals surface area (Å²) in [7, 11) is 0. The van der Waals surface area contributed by atoms with E-state index in [1.807, 2.05) is 26.1 Å². The number of hydrogen-bond acceptors (Lipinski definition) is 4. The largest absolute Gasteiger partial charge is 0.396 e. The number of aromatic nitrogens is 1. The molecule has 3 N–H and O–H groups in total. The molecule has 4 nitrogen and oxygen atoms in total. The van der Waals surface area contributed by atoms with Gasteiger partial charge in [0, 0.05) is 37.5 Å². The zero-order valence-corrected chi connectivity index (χ0v) is 13.5. The van der Waals surface area contributed by atoms with Crippen molar-refractivity contribution in [2.24, 2.45) is 5.73 Å². The second kappa shape index (κ2) is 8.45. The zero-order chi connectivity index (χ0) is 15.8. The predicted octanol–water partition coefficient (Wildman–Crippen LogP) is 2.57. The Bertz CT molecular complexity index is 578. The lowest BCUT2D eigenvalue weighted by Crippen LogP contribution is -2.29. The number of aryl methyl sites for hydroxylation is 1. The number of rotatable bonds is 4. The molecule has 1 aromatic rings. The van der Waals surface area contributed by atoms with Crippen molar-refractivity contribution in [1.82, 2.24) is 10.3 Å². The highest BCUT2D eigenvalue weighted by molar-refractivity contribution is 5.62. The van der Waals surface area contributed by atoms with Crippen LogP contribution in [0.25, 0.3) is 5.70 Å². The summed E-state index contributed by atoms with van der Waals surface area (Å²) in [5, 5.41) is 3.25. The quantitative estimate of drug-likeness (QED) is 0.839. The molecule has 4 heteroatoms. The van der Waals surface area contributed by atoms with Crippen LogP contribution in [0.15, 0.2) is 18.5 Å². The van der Waals surface area contributed by atoms with Gasteiger partial charge in [0.15, 0.2) is 0 Å². The molecule has 1 atom stereocenters. The first-order valence-electron chi connectivity index (χ1n) is 7.97. The Morgan fingerprint density at radius 2 is 2.41 bits per heavy atom. The highest BCUT2D eigenvalue weighted by Gasteiger charge is 2.12. The molecule has 0 aliphatic carbocycles. The Morgan fingerprint density at radius 1 is 1.55 bits per heavy atom. The van der Waals surface area contributed by atoms with E-state index < -0.39 is 0 Å². The van der Waals surface area contributed by atoms with Crippen molar-refractivity contribution in [1.29, 1.82) is 0 Å². The van der Waals surface area contributed by atoms with Crippen LogP contribution >= 0.6 is 0 Å². The van der Waals surface area contributed by atoms with E-state index in [9.17, 15) is 0 Å². The summed E-state index contributed by atoms with van der Waals surface area (Å²) < 4.78 is 5.68. The molecule has 0 aromatic carbocycles. The number of nitrogens with zero attached hydrogens (tertiary/aromatic N) is 1. The van der Waals surface area contributed by atoms with E-state index in [2.05, 4.69) is 22.1 Å². The van der Waals surface area contributed by atoms with Gasteiger partial charge in [-0.05, 0) is 37.8 Å². The van der Waals surface area contributed by atoms with Gasteiger partial charge in [-0.1, -0.05) is 18.8 Å². The summed E-state index contributed by atoms with van der Waals surface area (Å²) in [6.45, 7) is 5.70. The van der Waals surface area contributed by atoms with Crippen molar-refractivity contribution in [2.45, 2.75) is 45.6 Å². The zero-order valence-electron chi connectivity index (χ0n) is 13.5. The molecule has 1 aliphatic heterocycles. The maximum absolute atomic E-state index is 6.12. The lowest BCUT2D eigenvalue weighted by atomic mass is 10.1. The molecule has 0 bridgehead atoms. The molecule has 1 saturated heterocycles. The van der Waals surface area contributed by atoms with Crippen molar-refractivity contribution >= 4 is 5.70 Å². The monoisotopic (exact) mass is 299 g/mol. The highest BCUT2D eigenvalue weighted by Crippen LogP contribution is 2.14. The van der Waals surface area contributed by atoms with Gasteiger partial charge in [-0.3, -0.25) is 4.98 Å². The summed E-state index contributed by atoms with van der Waals surface area (Å²) in [6.07, 6.45) is 8.26. The predicted molar refractivity (Wildman–Crippen MR) is 89.9 cm³/mol. The average molecular weight is 299 g/mol. The number of nitrogens with one attached hydrogen (secondary N) is 1. The van der Waals surface area contributed by atoms with Crippen molar-refractivity contribution < 1.29 is 4.74 Å². The fourth-order valence-electron chi connectivity index (χ4n) is 2.47. The molecule has 22 heavy (non-hydrogen) atoms. The molecule has 2 heterocycles. The molecular formula is C18H25N3O. The van der Waals surface area contributed by atoms with Crippen LogP contribution < -0.4 is 11.1 Å². The average Bonchev–Trinajstić information content (AvgIpc) is 2.54. The minimum atomic E-state index is 0.290. The SMILES string of the molecule is CCC#Cc1cnc(/C(N)=C/NCC2CCCCO2)c(C)c1. The first-order valence-corrected chi connectivity index (χ1v) is 7.97. The van der Waals surface area contributed by atoms with Crippen molar-refractivity contribution in [3.05, 3.63) is 35.3 Å². The van der Waals surface area contributed by atoms with E-state index in [1.54, 1.807) is 6.20 Å². The van der Waals surface area contributed by atoms with Gasteiger partial charge in [-0.2, -0.15) is 0 Å². The van der Waals surface area contributed by atoms with Crippen molar-refractivity contribution in [3.63, 3.8) is 0 Å². The van der Waals surface area contributed by atoms with Crippen LogP contribution in [-0.2, 0) is 4.74 Å². The number of pyridine rings is 1. The summed E-state index contributed by atoms with van der Waals surface area (Å²) in [4.78, 5) is 4.43. The first-order chi connectivity index (χ1) is 10.7. The van der Waals surface area contributed by atoms with E-state index in [0.29, 0.717) is 11.8 Å². The van der Waals surface area contributed by atoms with Gasteiger partial charge in [-0.25, -0.2) is 0 Å². The maximum atomic E-state index is 6.12. The Morgan fingerprint density at radius 3 is 3.09 bits per heavy atom. The minimum Gasteiger partial charge on any atom is -0.396 e. The Hall–Kier alpha value is -1.99. The second-order valence-corrected chi connectivity index (χ2v) is 5.54. The second-order valence-electron chi connectivity index (χ2n) is 5.54. The number of nitrogens with two attached hydrogens (primary N) is 1. The lowest BCUT2D eigenvalue weighted by Gasteiger charge is -2.22. The van der Waals surface area contributed by atoms with Crippen LogP contribution in [0.1, 0.15) is 49.4 Å². The molecule has 0 amide bonds. The van der Waals surface area contributed by atoms with Crippen LogP contribution in [0.4, 0.5) is 0 Å². The molecule has 1 fully saturated rings. The Kier molecular flexibility index (Phi) is 6.29. The smallest absolute Gasteiger partial charge is 0.0903 e. The van der Waals surface area contributed by atoms with E-state index in [-0.39, 0.29) is 0 Å². The molecular weight excluding hydrogens is 274 g/mol. The van der Waals surface area contributed by atoms with Gasteiger partial charge in [0.05, 0.1) is 17.5 Å². The van der Waals surface area contributed by atoms with Crippen LogP contribution in [-0.4, -0.2) is 24.2 Å². The molecule has 118 valence electrons. The third kappa shape index (κ3) is 4.78. The minimum absolute atomic E-state index is 0.290. The van der Waals surface area contributed by atoms with Gasteiger partial charge in [0.1, 0.15) is 0 Å². The van der Waals surface area contributed by atoms with Crippen LogP contribution in [0, 0.1) is 18.8 Å². The van der Waals surface area contributed by atoms with E-state index in [1.165, 1.54) is 12.8 Å². The molecule has 0 spiro atoms. The molecule has 1 unspecified atom stereocenters. The standard InChI is InChI=1S/C18H25N3O/c1-3-4-7-15-10-14(2)18(21-11-15)17(19)13-20-12-16-8-5-6-9-22-16/h10-11,13,16,20H,3,5-6,8-9,12,19H2,1-2H3/b17-13-. The van der Waals surface area contributed by atoms with Crippen LogP contribution in [0.5, 0.6) is 0 Å². The third-order valence-electron chi connectivity index (χ3n) is 3.64. The van der Waals surface area contributed by atoms with Gasteiger partial charge in [0.25, 0.3) is 0 Å².